The second-order valence-corrected chi connectivity index (χ2v) is 6.76. The Morgan fingerprint density at radius 1 is 1.00 bits per heavy atom. The maximum absolute atomic E-state index is 6.08. The molecule has 3 aliphatic rings. The lowest BCUT2D eigenvalue weighted by atomic mass is 9.84. The van der Waals surface area contributed by atoms with Gasteiger partial charge in [0, 0.05) is 19.6 Å². The van der Waals surface area contributed by atoms with Crippen molar-refractivity contribution in [1.82, 2.24) is 10.2 Å². The predicted octanol–water partition coefficient (Wildman–Crippen LogP) is 2.27. The molecule has 3 fully saturated rings. The van der Waals surface area contributed by atoms with Gasteiger partial charge in [0.2, 0.25) is 0 Å². The standard InChI is InChI=1S/C16H30N2O/c1-2-4-15(5-3-1)16-13-18(10-11-19-16)12-14-6-8-17-9-7-14/h14-17H,1-13H2. The summed E-state index contributed by atoms with van der Waals surface area (Å²) < 4.78 is 6.08. The maximum atomic E-state index is 6.08. The number of piperidine rings is 1. The van der Waals surface area contributed by atoms with Crippen LogP contribution in [0.4, 0.5) is 0 Å². The second kappa shape index (κ2) is 7.05. The van der Waals surface area contributed by atoms with Crippen molar-refractivity contribution in [1.29, 1.82) is 0 Å². The van der Waals surface area contributed by atoms with E-state index in [-0.39, 0.29) is 0 Å². The summed E-state index contributed by atoms with van der Waals surface area (Å²) >= 11 is 0. The van der Waals surface area contributed by atoms with Crippen LogP contribution in [0.15, 0.2) is 0 Å². The Bertz CT molecular complexity index is 259. The van der Waals surface area contributed by atoms with Crippen LogP contribution >= 0.6 is 0 Å². The van der Waals surface area contributed by atoms with Gasteiger partial charge >= 0.3 is 0 Å². The van der Waals surface area contributed by atoms with Crippen LogP contribution in [0.3, 0.4) is 0 Å². The molecule has 0 aromatic rings. The van der Waals surface area contributed by atoms with Crippen molar-refractivity contribution in [3.63, 3.8) is 0 Å². The lowest BCUT2D eigenvalue weighted by molar-refractivity contribution is -0.0686. The Hall–Kier alpha value is -0.120. The Morgan fingerprint density at radius 2 is 1.79 bits per heavy atom. The number of nitrogens with zero attached hydrogens (tertiary/aromatic N) is 1. The number of morpholine rings is 1. The fraction of sp³-hybridized carbons (Fsp3) is 1.00. The number of hydrogen-bond donors (Lipinski definition) is 1. The quantitative estimate of drug-likeness (QED) is 0.848. The Balaban J connectivity index is 1.46. The number of rotatable bonds is 3. The molecule has 1 saturated carbocycles. The van der Waals surface area contributed by atoms with Crippen molar-refractivity contribution in [2.75, 3.05) is 39.3 Å². The minimum absolute atomic E-state index is 0.538. The van der Waals surface area contributed by atoms with Crippen molar-refractivity contribution in [2.24, 2.45) is 11.8 Å². The smallest absolute Gasteiger partial charge is 0.0730 e. The first-order chi connectivity index (χ1) is 9.42. The first-order valence-corrected chi connectivity index (χ1v) is 8.46. The van der Waals surface area contributed by atoms with E-state index in [0.717, 1.165) is 25.0 Å². The zero-order valence-corrected chi connectivity index (χ0v) is 12.3. The van der Waals surface area contributed by atoms with E-state index < -0.39 is 0 Å². The minimum Gasteiger partial charge on any atom is -0.375 e. The lowest BCUT2D eigenvalue weighted by Gasteiger charge is -2.40. The van der Waals surface area contributed by atoms with Crippen LogP contribution in [0.1, 0.15) is 44.9 Å². The molecule has 2 heterocycles. The fourth-order valence-corrected chi connectivity index (χ4v) is 4.12. The van der Waals surface area contributed by atoms with Gasteiger partial charge in [0.05, 0.1) is 12.7 Å². The van der Waals surface area contributed by atoms with Gasteiger partial charge in [0.1, 0.15) is 0 Å². The minimum atomic E-state index is 0.538. The molecule has 0 aromatic carbocycles. The summed E-state index contributed by atoms with van der Waals surface area (Å²) in [5.41, 5.74) is 0. The topological polar surface area (TPSA) is 24.5 Å². The fourth-order valence-electron chi connectivity index (χ4n) is 4.12. The zero-order chi connectivity index (χ0) is 12.9. The van der Waals surface area contributed by atoms with Gasteiger partial charge in [-0.05, 0) is 50.6 Å². The molecule has 3 rings (SSSR count). The molecule has 19 heavy (non-hydrogen) atoms. The maximum Gasteiger partial charge on any atom is 0.0730 e. The van der Waals surface area contributed by atoms with E-state index >= 15 is 0 Å². The largest absolute Gasteiger partial charge is 0.375 e. The molecule has 1 unspecified atom stereocenters. The highest BCUT2D eigenvalue weighted by atomic mass is 16.5. The molecule has 0 bridgehead atoms. The van der Waals surface area contributed by atoms with Crippen LogP contribution < -0.4 is 5.32 Å². The molecule has 3 nitrogen and oxygen atoms in total. The van der Waals surface area contributed by atoms with E-state index in [1.165, 1.54) is 71.1 Å². The van der Waals surface area contributed by atoms with Gasteiger partial charge < -0.3 is 10.1 Å². The third-order valence-electron chi connectivity index (χ3n) is 5.33. The third-order valence-corrected chi connectivity index (χ3v) is 5.33. The lowest BCUT2D eigenvalue weighted by Crippen LogP contribution is -2.48. The molecule has 2 aliphatic heterocycles. The summed E-state index contributed by atoms with van der Waals surface area (Å²) in [7, 11) is 0. The van der Waals surface area contributed by atoms with Crippen LogP contribution in [-0.2, 0) is 4.74 Å². The van der Waals surface area contributed by atoms with Gasteiger partial charge in [0.25, 0.3) is 0 Å². The van der Waals surface area contributed by atoms with Gasteiger partial charge in [-0.1, -0.05) is 19.3 Å². The van der Waals surface area contributed by atoms with Gasteiger partial charge in [0.15, 0.2) is 0 Å². The van der Waals surface area contributed by atoms with E-state index in [4.69, 9.17) is 4.74 Å². The molecule has 1 N–H and O–H groups in total. The SMILES string of the molecule is C1CCC(C2CN(CC3CCNCC3)CCO2)CC1. The van der Waals surface area contributed by atoms with Crippen LogP contribution in [0.5, 0.6) is 0 Å². The predicted molar refractivity (Wildman–Crippen MR) is 78.3 cm³/mol. The number of nitrogens with one attached hydrogen (secondary N) is 1. The average molecular weight is 266 g/mol. The van der Waals surface area contributed by atoms with Gasteiger partial charge in [-0.3, -0.25) is 4.90 Å². The molecule has 1 aliphatic carbocycles. The van der Waals surface area contributed by atoms with Crippen molar-refractivity contribution >= 4 is 0 Å². The first kappa shape index (κ1) is 13.8. The van der Waals surface area contributed by atoms with Crippen molar-refractivity contribution < 1.29 is 4.74 Å². The van der Waals surface area contributed by atoms with Gasteiger partial charge in [-0.15, -0.1) is 0 Å². The molecule has 1 atom stereocenters. The summed E-state index contributed by atoms with van der Waals surface area (Å²) in [5.74, 6) is 1.77. The molecule has 0 radical (unpaired) electrons. The van der Waals surface area contributed by atoms with E-state index in [9.17, 15) is 0 Å². The molecule has 110 valence electrons. The highest BCUT2D eigenvalue weighted by molar-refractivity contribution is 4.82. The first-order valence-electron chi connectivity index (χ1n) is 8.46. The van der Waals surface area contributed by atoms with E-state index in [0.29, 0.717) is 6.10 Å². The molecule has 0 amide bonds. The average Bonchev–Trinajstić information content (AvgIpc) is 2.49. The Kier molecular flexibility index (Phi) is 5.14. The van der Waals surface area contributed by atoms with Crippen molar-refractivity contribution in [2.45, 2.75) is 51.0 Å². The van der Waals surface area contributed by atoms with Gasteiger partial charge in [-0.25, -0.2) is 0 Å². The summed E-state index contributed by atoms with van der Waals surface area (Å²) in [6.45, 7) is 7.09. The normalized spacial score (nSPS) is 32.5. The summed E-state index contributed by atoms with van der Waals surface area (Å²) in [6.07, 6.45) is 10.4. The molecular weight excluding hydrogens is 236 g/mol. The van der Waals surface area contributed by atoms with Crippen LogP contribution in [0.25, 0.3) is 0 Å². The Morgan fingerprint density at radius 3 is 2.58 bits per heavy atom. The molecule has 0 spiro atoms. The van der Waals surface area contributed by atoms with E-state index in [1.807, 2.05) is 0 Å². The highest BCUT2D eigenvalue weighted by Crippen LogP contribution is 2.30. The monoisotopic (exact) mass is 266 g/mol. The zero-order valence-electron chi connectivity index (χ0n) is 12.3. The summed E-state index contributed by atoms with van der Waals surface area (Å²) in [4.78, 5) is 2.69. The van der Waals surface area contributed by atoms with E-state index in [1.54, 1.807) is 0 Å². The third kappa shape index (κ3) is 3.93. The van der Waals surface area contributed by atoms with Crippen LogP contribution in [-0.4, -0.2) is 50.3 Å². The molecule has 3 heteroatoms. The van der Waals surface area contributed by atoms with Gasteiger partial charge in [-0.2, -0.15) is 0 Å². The van der Waals surface area contributed by atoms with Crippen molar-refractivity contribution in [3.8, 4) is 0 Å². The van der Waals surface area contributed by atoms with Crippen LogP contribution in [0, 0.1) is 11.8 Å². The van der Waals surface area contributed by atoms with E-state index in [2.05, 4.69) is 10.2 Å². The summed E-state index contributed by atoms with van der Waals surface area (Å²) in [6, 6.07) is 0. The second-order valence-electron chi connectivity index (χ2n) is 6.76. The number of hydrogen-bond acceptors (Lipinski definition) is 3. The molecule has 2 saturated heterocycles. The van der Waals surface area contributed by atoms with Crippen molar-refractivity contribution in [3.05, 3.63) is 0 Å². The molecule has 0 aromatic heterocycles. The molecular formula is C16H30N2O. The summed E-state index contributed by atoms with van der Waals surface area (Å²) in [5, 5.41) is 3.47. The van der Waals surface area contributed by atoms with Crippen LogP contribution in [0.2, 0.25) is 0 Å². The highest BCUT2D eigenvalue weighted by Gasteiger charge is 2.30. The Labute approximate surface area is 118 Å². The number of ether oxygens (including phenoxy) is 1.